The highest BCUT2D eigenvalue weighted by atomic mass is 32.2. The molecule has 5 heteroatoms. The molecule has 0 fully saturated rings. The molecule has 0 bridgehead atoms. The zero-order valence-electron chi connectivity index (χ0n) is 12.5. The Labute approximate surface area is 129 Å². The van der Waals surface area contributed by atoms with Crippen molar-refractivity contribution >= 4 is 17.7 Å². The molecule has 0 spiro atoms. The van der Waals surface area contributed by atoms with E-state index in [4.69, 9.17) is 5.11 Å². The molecule has 1 amide bonds. The lowest BCUT2D eigenvalue weighted by Gasteiger charge is -2.26. The summed E-state index contributed by atoms with van der Waals surface area (Å²) in [6.07, 6.45) is 2.85. The summed E-state index contributed by atoms with van der Waals surface area (Å²) in [6.45, 7) is 1.70. The zero-order valence-corrected chi connectivity index (χ0v) is 13.3. The van der Waals surface area contributed by atoms with E-state index in [1.165, 1.54) is 12.1 Å². The maximum Gasteiger partial charge on any atom is 0.253 e. The summed E-state index contributed by atoms with van der Waals surface area (Å²) in [6, 6.07) is 4.36. The predicted molar refractivity (Wildman–Crippen MR) is 84.9 cm³/mol. The van der Waals surface area contributed by atoms with Crippen LogP contribution in [0.4, 0.5) is 4.39 Å². The van der Waals surface area contributed by atoms with Gasteiger partial charge in [0.25, 0.3) is 5.91 Å². The average molecular weight is 309 g/mol. The van der Waals surface area contributed by atoms with Crippen molar-refractivity contribution < 1.29 is 14.3 Å². The first-order valence-electron chi connectivity index (χ1n) is 6.70. The molecule has 0 radical (unpaired) electrons. The smallest absolute Gasteiger partial charge is 0.253 e. The molecule has 0 aliphatic carbocycles. The van der Waals surface area contributed by atoms with Crippen LogP contribution in [0, 0.1) is 17.7 Å². The molecule has 0 heterocycles. The second-order valence-electron chi connectivity index (χ2n) is 4.59. The number of thioether (sulfide) groups is 1. The van der Waals surface area contributed by atoms with Crippen molar-refractivity contribution in [2.24, 2.45) is 0 Å². The molecule has 0 aromatic heterocycles. The third-order valence-electron chi connectivity index (χ3n) is 3.22. The van der Waals surface area contributed by atoms with Crippen molar-refractivity contribution in [2.45, 2.75) is 19.4 Å². The molecule has 0 saturated heterocycles. The Bertz CT molecular complexity index is 551. The van der Waals surface area contributed by atoms with Gasteiger partial charge in [-0.15, -0.1) is 0 Å². The van der Waals surface area contributed by atoms with Crippen LogP contribution in [0.25, 0.3) is 0 Å². The quantitative estimate of drug-likeness (QED) is 0.849. The molecule has 114 valence electrons. The van der Waals surface area contributed by atoms with Crippen LogP contribution in [0.2, 0.25) is 0 Å². The van der Waals surface area contributed by atoms with E-state index in [9.17, 15) is 9.18 Å². The molecule has 1 unspecified atom stereocenters. The number of aliphatic hydroxyl groups is 1. The van der Waals surface area contributed by atoms with Crippen LogP contribution in [0.15, 0.2) is 18.2 Å². The summed E-state index contributed by atoms with van der Waals surface area (Å²) in [5, 5.41) is 8.61. The van der Waals surface area contributed by atoms with Gasteiger partial charge in [0.1, 0.15) is 12.4 Å². The molecule has 1 aromatic carbocycles. The van der Waals surface area contributed by atoms with Crippen LogP contribution in [-0.2, 0) is 0 Å². The normalized spacial score (nSPS) is 11.5. The fraction of sp³-hybridized carbons (Fsp3) is 0.438. The van der Waals surface area contributed by atoms with E-state index in [-0.39, 0.29) is 24.1 Å². The highest BCUT2D eigenvalue weighted by Crippen LogP contribution is 2.15. The molecule has 0 aliphatic rings. The first-order valence-corrected chi connectivity index (χ1v) is 8.09. The predicted octanol–water partition coefficient (Wildman–Crippen LogP) is 2.38. The van der Waals surface area contributed by atoms with Crippen molar-refractivity contribution in [3.63, 3.8) is 0 Å². The number of nitrogens with zero attached hydrogens (tertiary/aromatic N) is 1. The molecular formula is C16H20FNO2S. The minimum absolute atomic E-state index is 0.129. The fourth-order valence-corrected chi connectivity index (χ4v) is 2.79. The van der Waals surface area contributed by atoms with Gasteiger partial charge in [-0.2, -0.15) is 11.8 Å². The monoisotopic (exact) mass is 309 g/mol. The number of hydrogen-bond acceptors (Lipinski definition) is 3. The summed E-state index contributed by atoms with van der Waals surface area (Å²) in [7, 11) is 1.74. The standard InChI is InChI=1S/C16H20FNO2S/c1-4-14(11-21-3)18(2)16(20)13-8-7-12(6-5-9-19)15(17)10-13/h7-8,10,14,19H,4,9,11H2,1-3H3. The Hall–Kier alpha value is -1.51. The number of carbonyl (C=O) groups excluding carboxylic acids is 1. The van der Waals surface area contributed by atoms with E-state index in [0.29, 0.717) is 5.56 Å². The second kappa shape index (κ2) is 8.71. The molecule has 1 rings (SSSR count). The number of rotatable bonds is 5. The number of hydrogen-bond donors (Lipinski definition) is 1. The van der Waals surface area contributed by atoms with Crippen molar-refractivity contribution in [3.8, 4) is 11.8 Å². The van der Waals surface area contributed by atoms with Gasteiger partial charge in [-0.1, -0.05) is 18.8 Å². The number of carbonyl (C=O) groups is 1. The van der Waals surface area contributed by atoms with Crippen LogP contribution < -0.4 is 0 Å². The third-order valence-corrected chi connectivity index (χ3v) is 3.93. The first-order chi connectivity index (χ1) is 10.0. The number of benzene rings is 1. The van der Waals surface area contributed by atoms with Crippen LogP contribution in [0.5, 0.6) is 0 Å². The average Bonchev–Trinajstić information content (AvgIpc) is 2.50. The second-order valence-corrected chi connectivity index (χ2v) is 5.50. The Kier molecular flexibility index (Phi) is 7.27. The Morgan fingerprint density at radius 2 is 2.24 bits per heavy atom. The maximum absolute atomic E-state index is 13.9. The molecule has 3 nitrogen and oxygen atoms in total. The lowest BCUT2D eigenvalue weighted by atomic mass is 10.1. The van der Waals surface area contributed by atoms with E-state index >= 15 is 0 Å². The van der Waals surface area contributed by atoms with Gasteiger partial charge in [0.15, 0.2) is 0 Å². The van der Waals surface area contributed by atoms with Crippen LogP contribution in [0.3, 0.4) is 0 Å². The summed E-state index contributed by atoms with van der Waals surface area (Å²) >= 11 is 1.68. The minimum Gasteiger partial charge on any atom is -0.384 e. The van der Waals surface area contributed by atoms with E-state index in [1.807, 2.05) is 13.2 Å². The van der Waals surface area contributed by atoms with Gasteiger partial charge in [0.05, 0.1) is 5.56 Å². The Morgan fingerprint density at radius 3 is 2.76 bits per heavy atom. The zero-order chi connectivity index (χ0) is 15.8. The fourth-order valence-electron chi connectivity index (χ4n) is 1.95. The third kappa shape index (κ3) is 4.76. The van der Waals surface area contributed by atoms with E-state index in [2.05, 4.69) is 11.8 Å². The van der Waals surface area contributed by atoms with Crippen LogP contribution >= 0.6 is 11.8 Å². The molecule has 21 heavy (non-hydrogen) atoms. The van der Waals surface area contributed by atoms with E-state index in [0.717, 1.165) is 12.2 Å². The largest absolute Gasteiger partial charge is 0.384 e. The molecule has 1 N–H and O–H groups in total. The molecular weight excluding hydrogens is 289 g/mol. The summed E-state index contributed by atoms with van der Waals surface area (Å²) in [4.78, 5) is 14.0. The Morgan fingerprint density at radius 1 is 1.52 bits per heavy atom. The van der Waals surface area contributed by atoms with Gasteiger partial charge < -0.3 is 10.0 Å². The van der Waals surface area contributed by atoms with Crippen molar-refractivity contribution in [3.05, 3.63) is 35.1 Å². The van der Waals surface area contributed by atoms with Gasteiger partial charge >= 0.3 is 0 Å². The number of halogens is 1. The molecule has 1 aromatic rings. The van der Waals surface area contributed by atoms with Gasteiger partial charge in [0.2, 0.25) is 0 Å². The minimum atomic E-state index is -0.548. The molecule has 0 saturated carbocycles. The van der Waals surface area contributed by atoms with Gasteiger partial charge in [-0.25, -0.2) is 4.39 Å². The van der Waals surface area contributed by atoms with Crippen molar-refractivity contribution in [1.82, 2.24) is 4.90 Å². The van der Waals surface area contributed by atoms with Crippen molar-refractivity contribution in [2.75, 3.05) is 25.7 Å². The molecule has 1 atom stereocenters. The van der Waals surface area contributed by atoms with Crippen molar-refractivity contribution in [1.29, 1.82) is 0 Å². The summed E-state index contributed by atoms with van der Waals surface area (Å²) in [5.41, 5.74) is 0.489. The lowest BCUT2D eigenvalue weighted by Crippen LogP contribution is -2.38. The highest BCUT2D eigenvalue weighted by Gasteiger charge is 2.20. The van der Waals surface area contributed by atoms with Gasteiger partial charge in [-0.3, -0.25) is 4.79 Å². The molecule has 0 aliphatic heterocycles. The highest BCUT2D eigenvalue weighted by molar-refractivity contribution is 7.98. The summed E-state index contributed by atoms with van der Waals surface area (Å²) < 4.78 is 13.9. The SMILES string of the molecule is CCC(CSC)N(C)C(=O)c1ccc(C#CCO)c(F)c1. The van der Waals surface area contributed by atoms with E-state index < -0.39 is 5.82 Å². The maximum atomic E-state index is 13.9. The number of amides is 1. The van der Waals surface area contributed by atoms with Crippen LogP contribution in [-0.4, -0.2) is 47.6 Å². The topological polar surface area (TPSA) is 40.5 Å². The van der Waals surface area contributed by atoms with Gasteiger partial charge in [0, 0.05) is 24.4 Å². The van der Waals surface area contributed by atoms with Crippen LogP contribution in [0.1, 0.15) is 29.3 Å². The number of aliphatic hydroxyl groups excluding tert-OH is 1. The summed E-state index contributed by atoms with van der Waals surface area (Å²) in [5.74, 6) is 5.00. The van der Waals surface area contributed by atoms with E-state index in [1.54, 1.807) is 29.8 Å². The van der Waals surface area contributed by atoms with Gasteiger partial charge in [-0.05, 0) is 30.9 Å². The first kappa shape index (κ1) is 17.5. The lowest BCUT2D eigenvalue weighted by molar-refractivity contribution is 0.0743. The Balaban J connectivity index is 2.95.